The van der Waals surface area contributed by atoms with E-state index in [4.69, 9.17) is 4.42 Å². The van der Waals surface area contributed by atoms with Gasteiger partial charge in [-0.1, -0.05) is 6.07 Å². The van der Waals surface area contributed by atoms with Gasteiger partial charge in [-0.15, -0.1) is 0 Å². The Balaban J connectivity index is 1.56. The molecule has 0 unspecified atom stereocenters. The monoisotopic (exact) mass is 405 g/mol. The fraction of sp³-hybridized carbons (Fsp3) is 0.235. The summed E-state index contributed by atoms with van der Waals surface area (Å²) < 4.78 is 5.55. The standard InChI is InChI=1S/C17H16BrN3O4/c18-14-7-6-13(25-14)17(24)19-10-15(22)20-11-3-1-4-12(9-11)21-8-2-5-16(21)23/h1,3-4,6-7,9H,2,5,8,10H2,(H,19,24)(H,20,22). The van der Waals surface area contributed by atoms with Crippen LogP contribution in [0.15, 0.2) is 45.5 Å². The van der Waals surface area contributed by atoms with Crippen molar-refractivity contribution in [3.05, 3.63) is 46.8 Å². The SMILES string of the molecule is O=C(CNC(=O)c1ccc(Br)o1)Nc1cccc(N2CCCC2=O)c1. The number of hydrogen-bond acceptors (Lipinski definition) is 4. The molecule has 1 aliphatic rings. The van der Waals surface area contributed by atoms with Crippen molar-refractivity contribution >= 4 is 45.0 Å². The average molecular weight is 406 g/mol. The van der Waals surface area contributed by atoms with Crippen LogP contribution in [0.1, 0.15) is 23.4 Å². The minimum atomic E-state index is -0.475. The maximum Gasteiger partial charge on any atom is 0.287 e. The highest BCUT2D eigenvalue weighted by Gasteiger charge is 2.21. The van der Waals surface area contributed by atoms with Crippen LogP contribution in [0.5, 0.6) is 0 Å². The molecule has 0 bridgehead atoms. The molecule has 0 radical (unpaired) electrons. The summed E-state index contributed by atoms with van der Waals surface area (Å²) >= 11 is 3.11. The molecule has 3 rings (SSSR count). The minimum absolute atomic E-state index is 0.0837. The lowest BCUT2D eigenvalue weighted by atomic mass is 10.2. The summed E-state index contributed by atoms with van der Waals surface area (Å²) in [4.78, 5) is 37.3. The molecular weight excluding hydrogens is 390 g/mol. The van der Waals surface area contributed by atoms with Gasteiger partial charge in [0.05, 0.1) is 6.54 Å². The maximum atomic E-state index is 12.0. The van der Waals surface area contributed by atoms with Crippen LogP contribution in [0, 0.1) is 0 Å². The van der Waals surface area contributed by atoms with E-state index in [0.29, 0.717) is 23.3 Å². The van der Waals surface area contributed by atoms with Crippen molar-refractivity contribution in [2.75, 3.05) is 23.3 Å². The molecule has 2 heterocycles. The number of nitrogens with zero attached hydrogens (tertiary/aromatic N) is 1. The fourth-order valence-electron chi connectivity index (χ4n) is 2.56. The van der Waals surface area contributed by atoms with Gasteiger partial charge in [-0.05, 0) is 52.7 Å². The molecular formula is C17H16BrN3O4. The first-order chi connectivity index (χ1) is 12.0. The van der Waals surface area contributed by atoms with Crippen LogP contribution < -0.4 is 15.5 Å². The van der Waals surface area contributed by atoms with Crippen LogP contribution in [0.2, 0.25) is 0 Å². The number of nitrogens with one attached hydrogen (secondary N) is 2. The van der Waals surface area contributed by atoms with Crippen molar-refractivity contribution in [2.45, 2.75) is 12.8 Å². The quantitative estimate of drug-likeness (QED) is 0.799. The highest BCUT2D eigenvalue weighted by Crippen LogP contribution is 2.24. The van der Waals surface area contributed by atoms with Gasteiger partial charge in [0.15, 0.2) is 10.4 Å². The number of amides is 3. The lowest BCUT2D eigenvalue weighted by molar-refractivity contribution is -0.117. The number of anilines is 2. The van der Waals surface area contributed by atoms with E-state index in [0.717, 1.165) is 12.1 Å². The predicted molar refractivity (Wildman–Crippen MR) is 95.4 cm³/mol. The normalized spacial score (nSPS) is 13.8. The molecule has 3 amide bonds. The Bertz CT molecular complexity index is 818. The molecule has 8 heteroatoms. The Hall–Kier alpha value is -2.61. The molecule has 130 valence electrons. The van der Waals surface area contributed by atoms with E-state index in [-0.39, 0.29) is 24.1 Å². The molecule has 1 saturated heterocycles. The molecule has 1 aliphatic heterocycles. The van der Waals surface area contributed by atoms with Gasteiger partial charge in [0, 0.05) is 24.3 Å². The second-order valence-corrected chi connectivity index (χ2v) is 6.32. The molecule has 0 saturated carbocycles. The first-order valence-corrected chi connectivity index (χ1v) is 8.56. The number of carbonyl (C=O) groups is 3. The third-order valence-corrected chi connectivity index (χ3v) is 4.15. The van der Waals surface area contributed by atoms with Crippen LogP contribution >= 0.6 is 15.9 Å². The molecule has 0 aliphatic carbocycles. The van der Waals surface area contributed by atoms with E-state index in [1.165, 1.54) is 6.07 Å². The van der Waals surface area contributed by atoms with E-state index in [2.05, 4.69) is 26.6 Å². The Labute approximate surface area is 152 Å². The number of hydrogen-bond donors (Lipinski definition) is 2. The lowest BCUT2D eigenvalue weighted by Crippen LogP contribution is -2.32. The summed E-state index contributed by atoms with van der Waals surface area (Å²) in [6.45, 7) is 0.495. The zero-order valence-corrected chi connectivity index (χ0v) is 14.8. The predicted octanol–water partition coefficient (Wildman–Crippen LogP) is 2.54. The van der Waals surface area contributed by atoms with Crippen molar-refractivity contribution in [3.63, 3.8) is 0 Å². The Morgan fingerprint density at radius 1 is 1.24 bits per heavy atom. The Morgan fingerprint density at radius 2 is 2.08 bits per heavy atom. The smallest absolute Gasteiger partial charge is 0.287 e. The second kappa shape index (κ2) is 7.52. The Kier molecular flexibility index (Phi) is 5.18. The van der Waals surface area contributed by atoms with Crippen LogP contribution in [0.3, 0.4) is 0 Å². The first kappa shape index (κ1) is 17.2. The van der Waals surface area contributed by atoms with Crippen molar-refractivity contribution in [2.24, 2.45) is 0 Å². The number of carbonyl (C=O) groups excluding carboxylic acids is 3. The van der Waals surface area contributed by atoms with Gasteiger partial charge < -0.3 is 20.0 Å². The van der Waals surface area contributed by atoms with E-state index in [1.807, 2.05) is 6.07 Å². The molecule has 2 aromatic rings. The van der Waals surface area contributed by atoms with Crippen molar-refractivity contribution in [3.8, 4) is 0 Å². The van der Waals surface area contributed by atoms with Gasteiger partial charge in [-0.2, -0.15) is 0 Å². The molecule has 1 fully saturated rings. The molecule has 7 nitrogen and oxygen atoms in total. The fourth-order valence-corrected chi connectivity index (χ4v) is 2.87. The Morgan fingerprint density at radius 3 is 2.76 bits per heavy atom. The second-order valence-electron chi connectivity index (χ2n) is 5.53. The molecule has 2 N–H and O–H groups in total. The molecule has 1 aromatic carbocycles. The zero-order valence-electron chi connectivity index (χ0n) is 13.3. The third kappa shape index (κ3) is 4.27. The number of rotatable bonds is 5. The summed E-state index contributed by atoms with van der Waals surface area (Å²) in [6.07, 6.45) is 1.38. The molecule has 0 atom stereocenters. The van der Waals surface area contributed by atoms with Crippen LogP contribution in [-0.4, -0.2) is 30.8 Å². The third-order valence-electron chi connectivity index (χ3n) is 3.72. The van der Waals surface area contributed by atoms with Gasteiger partial charge in [-0.25, -0.2) is 0 Å². The minimum Gasteiger partial charge on any atom is -0.444 e. The average Bonchev–Trinajstić information content (AvgIpc) is 3.21. The summed E-state index contributed by atoms with van der Waals surface area (Å²) in [5.41, 5.74) is 1.32. The number of halogens is 1. The summed E-state index contributed by atoms with van der Waals surface area (Å²) in [5.74, 6) is -0.643. The summed E-state index contributed by atoms with van der Waals surface area (Å²) in [6, 6.07) is 10.2. The highest BCUT2D eigenvalue weighted by molar-refractivity contribution is 9.10. The molecule has 25 heavy (non-hydrogen) atoms. The van der Waals surface area contributed by atoms with Crippen molar-refractivity contribution in [1.29, 1.82) is 0 Å². The van der Waals surface area contributed by atoms with E-state index < -0.39 is 5.91 Å². The molecule has 0 spiro atoms. The molecule has 1 aromatic heterocycles. The van der Waals surface area contributed by atoms with Gasteiger partial charge in [0.25, 0.3) is 5.91 Å². The van der Waals surface area contributed by atoms with E-state index >= 15 is 0 Å². The maximum absolute atomic E-state index is 12.0. The van der Waals surface area contributed by atoms with Gasteiger partial charge >= 0.3 is 0 Å². The van der Waals surface area contributed by atoms with Crippen LogP contribution in [0.25, 0.3) is 0 Å². The van der Waals surface area contributed by atoms with Crippen LogP contribution in [0.4, 0.5) is 11.4 Å². The first-order valence-electron chi connectivity index (χ1n) is 7.77. The van der Waals surface area contributed by atoms with Crippen LogP contribution in [-0.2, 0) is 9.59 Å². The topological polar surface area (TPSA) is 91.7 Å². The van der Waals surface area contributed by atoms with Gasteiger partial charge in [-0.3, -0.25) is 14.4 Å². The van der Waals surface area contributed by atoms with E-state index in [9.17, 15) is 14.4 Å². The number of benzene rings is 1. The summed E-state index contributed by atoms with van der Waals surface area (Å²) in [5, 5.41) is 5.18. The highest BCUT2D eigenvalue weighted by atomic mass is 79.9. The van der Waals surface area contributed by atoms with Crippen molar-refractivity contribution < 1.29 is 18.8 Å². The van der Waals surface area contributed by atoms with Crippen molar-refractivity contribution in [1.82, 2.24) is 5.32 Å². The van der Waals surface area contributed by atoms with E-state index in [1.54, 1.807) is 29.2 Å². The zero-order chi connectivity index (χ0) is 17.8. The lowest BCUT2D eigenvalue weighted by Gasteiger charge is -2.16. The van der Waals surface area contributed by atoms with Gasteiger partial charge in [0.2, 0.25) is 11.8 Å². The van der Waals surface area contributed by atoms with Gasteiger partial charge in [0.1, 0.15) is 0 Å². The number of furan rings is 1. The largest absolute Gasteiger partial charge is 0.444 e. The summed E-state index contributed by atoms with van der Waals surface area (Å²) in [7, 11) is 0.